The molecule has 0 rings (SSSR count). The first-order chi connectivity index (χ1) is 8.34. The van der Waals surface area contributed by atoms with Crippen LogP contribution < -0.4 is 0 Å². The Morgan fingerprint density at radius 2 is 1.72 bits per heavy atom. The van der Waals surface area contributed by atoms with Crippen LogP contribution in [0.4, 0.5) is 0 Å². The highest BCUT2D eigenvalue weighted by Crippen LogP contribution is 2.14. The molecule has 0 amide bonds. The smallest absolute Gasteiger partial charge is 0.0512 e. The summed E-state index contributed by atoms with van der Waals surface area (Å²) in [5.41, 5.74) is 1.37. The number of rotatable bonds is 7. The van der Waals surface area contributed by atoms with E-state index in [1.165, 1.54) is 5.57 Å². The van der Waals surface area contributed by atoms with Crippen molar-refractivity contribution in [2.75, 3.05) is 6.61 Å². The Kier molecular flexibility index (Phi) is 14.1. The van der Waals surface area contributed by atoms with Gasteiger partial charge in [-0.1, -0.05) is 31.6 Å². The monoisotopic (exact) mass is 256 g/mol. The molecule has 2 atom stereocenters. The summed E-state index contributed by atoms with van der Waals surface area (Å²) in [4.78, 5) is 0. The topological polar surface area (TPSA) is 40.5 Å². The number of unbranched alkanes of at least 4 members (excludes halogenated alkanes) is 1. The first-order valence-electron chi connectivity index (χ1n) is 6.91. The van der Waals surface area contributed by atoms with Gasteiger partial charge in [0.15, 0.2) is 0 Å². The third kappa shape index (κ3) is 15.4. The molecule has 2 N–H and O–H groups in total. The van der Waals surface area contributed by atoms with Crippen molar-refractivity contribution in [1.82, 2.24) is 0 Å². The van der Waals surface area contributed by atoms with Gasteiger partial charge in [-0.15, -0.1) is 6.58 Å². The van der Waals surface area contributed by atoms with Crippen molar-refractivity contribution in [3.63, 3.8) is 0 Å². The molecule has 0 aliphatic rings. The van der Waals surface area contributed by atoms with Crippen LogP contribution >= 0.6 is 0 Å². The highest BCUT2D eigenvalue weighted by molar-refractivity contribution is 5.04. The molecule has 0 aliphatic carbocycles. The normalized spacial score (nSPS) is 13.3. The number of aliphatic hydroxyl groups is 2. The Bertz CT molecular complexity index is 213. The van der Waals surface area contributed by atoms with Gasteiger partial charge in [0.05, 0.1) is 6.10 Å². The summed E-state index contributed by atoms with van der Waals surface area (Å²) in [6.07, 6.45) is 6.61. The van der Waals surface area contributed by atoms with Crippen molar-refractivity contribution >= 4 is 0 Å². The fourth-order valence-corrected chi connectivity index (χ4v) is 1.47. The maximum atomic E-state index is 8.70. The Morgan fingerprint density at radius 1 is 1.17 bits per heavy atom. The predicted molar refractivity (Wildman–Crippen MR) is 80.6 cm³/mol. The quantitative estimate of drug-likeness (QED) is 0.535. The summed E-state index contributed by atoms with van der Waals surface area (Å²) in [6, 6.07) is 0. The lowest BCUT2D eigenvalue weighted by atomic mass is 9.94. The molecular formula is C16H32O2. The van der Waals surface area contributed by atoms with Crippen LogP contribution in [0.5, 0.6) is 0 Å². The second-order valence-corrected chi connectivity index (χ2v) is 5.37. The number of hydrogen-bond donors (Lipinski definition) is 2. The van der Waals surface area contributed by atoms with Gasteiger partial charge < -0.3 is 10.2 Å². The maximum Gasteiger partial charge on any atom is 0.0512 e. The van der Waals surface area contributed by atoms with Crippen molar-refractivity contribution in [3.05, 3.63) is 24.3 Å². The van der Waals surface area contributed by atoms with E-state index in [4.69, 9.17) is 10.2 Å². The van der Waals surface area contributed by atoms with E-state index in [1.807, 2.05) is 6.08 Å². The summed E-state index contributed by atoms with van der Waals surface area (Å²) < 4.78 is 0. The molecule has 0 fully saturated rings. The van der Waals surface area contributed by atoms with E-state index in [0.29, 0.717) is 11.8 Å². The molecule has 0 radical (unpaired) electrons. The Morgan fingerprint density at radius 3 is 1.94 bits per heavy atom. The number of hydrogen-bond acceptors (Lipinski definition) is 2. The molecule has 0 aliphatic heterocycles. The summed E-state index contributed by atoms with van der Waals surface area (Å²) in [6.45, 7) is 14.5. The molecule has 0 saturated heterocycles. The van der Waals surface area contributed by atoms with Crippen molar-refractivity contribution < 1.29 is 10.2 Å². The highest BCUT2D eigenvalue weighted by Gasteiger charge is 2.03. The zero-order chi connectivity index (χ0) is 14.6. The number of aliphatic hydroxyl groups excluding tert-OH is 2. The van der Waals surface area contributed by atoms with Gasteiger partial charge in [-0.2, -0.15) is 0 Å². The van der Waals surface area contributed by atoms with Gasteiger partial charge in [-0.25, -0.2) is 0 Å². The minimum Gasteiger partial charge on any atom is -0.396 e. The molecule has 0 aromatic carbocycles. The summed E-state index contributed by atoms with van der Waals surface area (Å²) in [5, 5.41) is 17.0. The van der Waals surface area contributed by atoms with Gasteiger partial charge in [0.1, 0.15) is 0 Å². The van der Waals surface area contributed by atoms with E-state index >= 15 is 0 Å². The van der Waals surface area contributed by atoms with E-state index in [9.17, 15) is 0 Å². The Labute approximate surface area is 113 Å². The fourth-order valence-electron chi connectivity index (χ4n) is 1.47. The molecule has 0 spiro atoms. The highest BCUT2D eigenvalue weighted by atomic mass is 16.3. The van der Waals surface area contributed by atoms with E-state index in [1.54, 1.807) is 6.92 Å². The molecule has 0 aromatic rings. The lowest BCUT2D eigenvalue weighted by Gasteiger charge is -2.11. The summed E-state index contributed by atoms with van der Waals surface area (Å²) in [5.74, 6) is 1.22. The lowest BCUT2D eigenvalue weighted by molar-refractivity contribution is 0.175. The van der Waals surface area contributed by atoms with Crippen molar-refractivity contribution in [3.8, 4) is 0 Å². The predicted octanol–water partition coefficient (Wildman–Crippen LogP) is 3.94. The van der Waals surface area contributed by atoms with Crippen molar-refractivity contribution in [1.29, 1.82) is 0 Å². The van der Waals surface area contributed by atoms with Gasteiger partial charge in [-0.05, 0) is 51.9 Å². The molecule has 0 bridgehead atoms. The largest absolute Gasteiger partial charge is 0.396 e. The average Bonchev–Trinajstić information content (AvgIpc) is 2.26. The zero-order valence-corrected chi connectivity index (χ0v) is 12.8. The van der Waals surface area contributed by atoms with Crippen LogP contribution in [-0.4, -0.2) is 22.9 Å². The van der Waals surface area contributed by atoms with E-state index in [0.717, 1.165) is 19.3 Å². The molecule has 2 heteroatoms. The van der Waals surface area contributed by atoms with E-state index in [2.05, 4.69) is 40.3 Å². The molecule has 108 valence electrons. The molecule has 0 aromatic heterocycles. The standard InChI is InChI=1S/C10H18.C6H14O2/c1-6-10(9(4)5)7-8(2)3;1-6(8)4-2-3-5-7/h6-7,9-10H,1H2,2-5H3;6-8H,2-5H2,1H3. The van der Waals surface area contributed by atoms with Gasteiger partial charge >= 0.3 is 0 Å². The van der Waals surface area contributed by atoms with Crippen LogP contribution in [-0.2, 0) is 0 Å². The van der Waals surface area contributed by atoms with Gasteiger partial charge in [0.25, 0.3) is 0 Å². The van der Waals surface area contributed by atoms with E-state index < -0.39 is 0 Å². The average molecular weight is 256 g/mol. The molecule has 0 saturated carbocycles. The van der Waals surface area contributed by atoms with Gasteiger partial charge in [0.2, 0.25) is 0 Å². The molecule has 2 nitrogen and oxygen atoms in total. The van der Waals surface area contributed by atoms with Crippen LogP contribution in [0.3, 0.4) is 0 Å². The first-order valence-corrected chi connectivity index (χ1v) is 6.91. The molecule has 0 heterocycles. The number of allylic oxidation sites excluding steroid dienone is 3. The molecule has 18 heavy (non-hydrogen) atoms. The fraction of sp³-hybridized carbons (Fsp3) is 0.750. The second kappa shape index (κ2) is 12.8. The Balaban J connectivity index is 0. The second-order valence-electron chi connectivity index (χ2n) is 5.37. The van der Waals surface area contributed by atoms with Gasteiger partial charge in [-0.3, -0.25) is 0 Å². The van der Waals surface area contributed by atoms with Crippen molar-refractivity contribution in [2.24, 2.45) is 11.8 Å². The van der Waals surface area contributed by atoms with Gasteiger partial charge in [0, 0.05) is 6.61 Å². The van der Waals surface area contributed by atoms with Crippen LogP contribution in [0.2, 0.25) is 0 Å². The van der Waals surface area contributed by atoms with Crippen LogP contribution in [0.15, 0.2) is 24.3 Å². The van der Waals surface area contributed by atoms with E-state index in [-0.39, 0.29) is 12.7 Å². The van der Waals surface area contributed by atoms with Crippen LogP contribution in [0.25, 0.3) is 0 Å². The third-order valence-electron chi connectivity index (χ3n) is 2.60. The first kappa shape index (κ1) is 19.7. The maximum absolute atomic E-state index is 8.70. The molecular weight excluding hydrogens is 224 g/mol. The molecule has 2 unspecified atom stereocenters. The minimum absolute atomic E-state index is 0.207. The summed E-state index contributed by atoms with van der Waals surface area (Å²) >= 11 is 0. The Hall–Kier alpha value is -0.600. The minimum atomic E-state index is -0.207. The van der Waals surface area contributed by atoms with Crippen LogP contribution in [0, 0.1) is 11.8 Å². The van der Waals surface area contributed by atoms with Crippen molar-refractivity contribution in [2.45, 2.75) is 60.0 Å². The third-order valence-corrected chi connectivity index (χ3v) is 2.60. The zero-order valence-electron chi connectivity index (χ0n) is 12.8. The van der Waals surface area contributed by atoms with Crippen LogP contribution in [0.1, 0.15) is 53.9 Å². The summed E-state index contributed by atoms with van der Waals surface area (Å²) in [7, 11) is 0. The SMILES string of the molecule is C=CC(C=C(C)C)C(C)C.CC(O)CCCCO. The lowest BCUT2D eigenvalue weighted by Crippen LogP contribution is -2.01.